The number of aryl methyl sites for hydroxylation is 1. The summed E-state index contributed by atoms with van der Waals surface area (Å²) >= 11 is 0. The lowest BCUT2D eigenvalue weighted by Crippen LogP contribution is -2.24. The van der Waals surface area contributed by atoms with Crippen molar-refractivity contribution in [3.63, 3.8) is 0 Å². The number of halogens is 3. The maximum absolute atomic E-state index is 14.7. The lowest BCUT2D eigenvalue weighted by molar-refractivity contribution is 0.0455. The molecular weight excluding hydrogens is 432 g/mol. The van der Waals surface area contributed by atoms with Gasteiger partial charge in [0.25, 0.3) is 0 Å². The van der Waals surface area contributed by atoms with Crippen LogP contribution in [0.2, 0.25) is 0 Å². The molecule has 1 aliphatic rings. The van der Waals surface area contributed by atoms with Crippen molar-refractivity contribution in [1.82, 2.24) is 0 Å². The Labute approximate surface area is 180 Å². The molecule has 2 aromatic rings. The highest BCUT2D eigenvalue weighted by Crippen LogP contribution is 2.54. The predicted molar refractivity (Wildman–Crippen MR) is 115 cm³/mol. The van der Waals surface area contributed by atoms with Crippen molar-refractivity contribution < 1.29 is 32.6 Å². The Morgan fingerprint density at radius 1 is 1.16 bits per heavy atom. The predicted octanol–water partition coefficient (Wildman–Crippen LogP) is 4.81. The van der Waals surface area contributed by atoms with E-state index in [1.165, 1.54) is 19.2 Å². The molecule has 2 atom stereocenters. The standard InChI is InChI=1S/C21H26F3N2O4P/c1-12-4-5-16(14(22)8-12)25-20-18(24)15(23)9-17(29-2)19(20)26-31(3)30-21(6-7-21)10-13(28)11-27/h4-5,8-9,13,25-28H,6-7,10-11H2,1-3H3. The van der Waals surface area contributed by atoms with E-state index in [-0.39, 0.29) is 35.8 Å². The van der Waals surface area contributed by atoms with Crippen LogP contribution in [0.15, 0.2) is 24.3 Å². The van der Waals surface area contributed by atoms with E-state index < -0.39 is 37.5 Å². The number of hydrogen-bond acceptors (Lipinski definition) is 6. The van der Waals surface area contributed by atoms with E-state index in [2.05, 4.69) is 10.4 Å². The van der Waals surface area contributed by atoms with E-state index in [0.717, 1.165) is 6.07 Å². The number of ether oxygens (including phenoxy) is 1. The molecule has 0 amide bonds. The minimum Gasteiger partial charge on any atom is -0.494 e. The average Bonchev–Trinajstić information content (AvgIpc) is 3.47. The Balaban J connectivity index is 1.89. The number of aliphatic hydroxyl groups excluding tert-OH is 2. The zero-order valence-corrected chi connectivity index (χ0v) is 18.4. The summed E-state index contributed by atoms with van der Waals surface area (Å²) in [6.45, 7) is 3.08. The Hall–Kier alpha value is -2.06. The highest BCUT2D eigenvalue weighted by Gasteiger charge is 2.47. The van der Waals surface area contributed by atoms with Gasteiger partial charge in [0.1, 0.15) is 31.2 Å². The molecule has 0 radical (unpaired) electrons. The molecular formula is C21H26F3N2O4P. The monoisotopic (exact) mass is 458 g/mol. The number of anilines is 3. The summed E-state index contributed by atoms with van der Waals surface area (Å²) in [7, 11) is -0.0988. The lowest BCUT2D eigenvalue weighted by Gasteiger charge is -2.26. The Morgan fingerprint density at radius 3 is 2.45 bits per heavy atom. The molecule has 2 aromatic carbocycles. The SMILES string of the molecule is COc1cc(F)c(F)c(Nc2ccc(C)cc2F)c1NP(C)OC1(CC(O)CO)CC1. The molecule has 0 bridgehead atoms. The third kappa shape index (κ3) is 5.60. The molecule has 0 saturated heterocycles. The molecule has 1 fully saturated rings. The van der Waals surface area contributed by atoms with Gasteiger partial charge in [-0.1, -0.05) is 6.07 Å². The second kappa shape index (κ2) is 9.61. The molecule has 0 aliphatic heterocycles. The second-order valence-corrected chi connectivity index (χ2v) is 9.06. The lowest BCUT2D eigenvalue weighted by atomic mass is 10.1. The maximum atomic E-state index is 14.7. The van der Waals surface area contributed by atoms with Crippen LogP contribution in [0.4, 0.5) is 30.2 Å². The van der Waals surface area contributed by atoms with Gasteiger partial charge in [-0.3, -0.25) is 0 Å². The van der Waals surface area contributed by atoms with Crippen molar-refractivity contribution in [3.8, 4) is 5.75 Å². The van der Waals surface area contributed by atoms with E-state index in [4.69, 9.17) is 14.4 Å². The smallest absolute Gasteiger partial charge is 0.184 e. The van der Waals surface area contributed by atoms with Gasteiger partial charge in [0.2, 0.25) is 0 Å². The van der Waals surface area contributed by atoms with Crippen molar-refractivity contribution in [2.45, 2.75) is 37.9 Å². The third-order valence-corrected chi connectivity index (χ3v) is 6.21. The summed E-state index contributed by atoms with van der Waals surface area (Å²) in [5.74, 6) is -2.93. The van der Waals surface area contributed by atoms with Gasteiger partial charge < -0.3 is 29.9 Å². The van der Waals surface area contributed by atoms with Gasteiger partial charge in [-0.25, -0.2) is 13.2 Å². The van der Waals surface area contributed by atoms with Crippen LogP contribution in [0.3, 0.4) is 0 Å². The Morgan fingerprint density at radius 2 is 1.87 bits per heavy atom. The molecule has 10 heteroatoms. The van der Waals surface area contributed by atoms with Crippen molar-refractivity contribution in [3.05, 3.63) is 47.3 Å². The normalized spacial score (nSPS) is 16.5. The molecule has 0 heterocycles. The van der Waals surface area contributed by atoms with Crippen LogP contribution in [0.25, 0.3) is 0 Å². The number of nitrogens with one attached hydrogen (secondary N) is 2. The van der Waals surface area contributed by atoms with Gasteiger partial charge in [-0.2, -0.15) is 0 Å². The van der Waals surface area contributed by atoms with Crippen LogP contribution >= 0.6 is 8.30 Å². The molecule has 170 valence electrons. The van der Waals surface area contributed by atoms with Gasteiger partial charge in [-0.05, 0) is 44.1 Å². The number of rotatable bonds is 10. The topological polar surface area (TPSA) is 83.0 Å². The van der Waals surface area contributed by atoms with Crippen molar-refractivity contribution in [2.24, 2.45) is 0 Å². The number of hydrogen-bond donors (Lipinski definition) is 4. The molecule has 0 spiro atoms. The summed E-state index contributed by atoms with van der Waals surface area (Å²) in [6.07, 6.45) is 0.803. The highest BCUT2D eigenvalue weighted by molar-refractivity contribution is 7.53. The second-order valence-electron chi connectivity index (χ2n) is 7.66. The molecule has 31 heavy (non-hydrogen) atoms. The van der Waals surface area contributed by atoms with Crippen LogP contribution in [0.5, 0.6) is 5.75 Å². The molecule has 1 aliphatic carbocycles. The van der Waals surface area contributed by atoms with Gasteiger partial charge in [0.15, 0.2) is 11.6 Å². The quantitative estimate of drug-likeness (QED) is 0.383. The first-order chi connectivity index (χ1) is 14.7. The molecule has 4 N–H and O–H groups in total. The molecule has 6 nitrogen and oxygen atoms in total. The van der Waals surface area contributed by atoms with Crippen LogP contribution in [0, 0.1) is 24.4 Å². The minimum absolute atomic E-state index is 0.0205. The fourth-order valence-corrected chi connectivity index (χ4v) is 4.71. The van der Waals surface area contributed by atoms with Crippen molar-refractivity contribution in [1.29, 1.82) is 0 Å². The van der Waals surface area contributed by atoms with Gasteiger partial charge in [0.05, 0.1) is 31.1 Å². The fraction of sp³-hybridized carbons (Fsp3) is 0.429. The van der Waals surface area contributed by atoms with Gasteiger partial charge >= 0.3 is 0 Å². The summed E-state index contributed by atoms with van der Waals surface area (Å²) < 4.78 is 54.5. The van der Waals surface area contributed by atoms with E-state index >= 15 is 0 Å². The van der Waals surface area contributed by atoms with Crippen LogP contribution in [0.1, 0.15) is 24.8 Å². The highest BCUT2D eigenvalue weighted by atomic mass is 31.2. The van der Waals surface area contributed by atoms with E-state index in [0.29, 0.717) is 18.4 Å². The molecule has 1 saturated carbocycles. The summed E-state index contributed by atoms with van der Waals surface area (Å²) in [6, 6.07) is 5.26. The zero-order valence-electron chi connectivity index (χ0n) is 17.5. The van der Waals surface area contributed by atoms with Crippen LogP contribution in [-0.4, -0.2) is 42.3 Å². The molecule has 3 rings (SSSR count). The number of benzene rings is 2. The molecule has 2 unspecified atom stereocenters. The van der Waals surface area contributed by atoms with E-state index in [1.54, 1.807) is 19.7 Å². The maximum Gasteiger partial charge on any atom is 0.184 e. The summed E-state index contributed by atoms with van der Waals surface area (Å²) in [5.41, 5.74) is -0.125. The zero-order chi connectivity index (χ0) is 22.8. The van der Waals surface area contributed by atoms with E-state index in [9.17, 15) is 18.3 Å². The van der Waals surface area contributed by atoms with Gasteiger partial charge in [-0.15, -0.1) is 0 Å². The van der Waals surface area contributed by atoms with E-state index in [1.807, 2.05) is 0 Å². The first-order valence-electron chi connectivity index (χ1n) is 9.75. The van der Waals surface area contributed by atoms with Crippen molar-refractivity contribution in [2.75, 3.05) is 30.8 Å². The Bertz CT molecular complexity index is 943. The first-order valence-corrected chi connectivity index (χ1v) is 11.5. The third-order valence-electron chi connectivity index (χ3n) is 5.01. The Kier molecular flexibility index (Phi) is 7.31. The van der Waals surface area contributed by atoms with Crippen molar-refractivity contribution >= 4 is 25.4 Å². The summed E-state index contributed by atoms with van der Waals surface area (Å²) in [5, 5.41) is 24.5. The van der Waals surface area contributed by atoms with Crippen LogP contribution in [-0.2, 0) is 4.52 Å². The number of methoxy groups -OCH3 is 1. The summed E-state index contributed by atoms with van der Waals surface area (Å²) in [4.78, 5) is 0. The molecule has 0 aromatic heterocycles. The van der Waals surface area contributed by atoms with Gasteiger partial charge in [0, 0.05) is 12.5 Å². The number of aliphatic hydroxyl groups is 2. The average molecular weight is 458 g/mol. The fourth-order valence-electron chi connectivity index (χ4n) is 3.29. The first kappa shape index (κ1) is 23.6. The largest absolute Gasteiger partial charge is 0.494 e. The van der Waals surface area contributed by atoms with Crippen LogP contribution < -0.4 is 15.1 Å². The minimum atomic E-state index is -1.41.